The Labute approximate surface area is 139 Å². The number of benzene rings is 2. The Morgan fingerprint density at radius 1 is 1.17 bits per heavy atom. The summed E-state index contributed by atoms with van der Waals surface area (Å²) in [6.07, 6.45) is 0.693. The molecule has 7 heteroatoms. The largest absolute Gasteiger partial charge is 0.419 e. The van der Waals surface area contributed by atoms with E-state index in [1.165, 1.54) is 21.0 Å². The lowest BCUT2D eigenvalue weighted by Gasteiger charge is -2.19. The molecule has 0 spiro atoms. The number of hydrogen-bond acceptors (Lipinski definition) is 4. The number of hydrogen-bond donors (Lipinski definition) is 0. The first-order valence-electron chi connectivity index (χ1n) is 7.76. The van der Waals surface area contributed by atoms with Crippen LogP contribution in [0, 0.1) is 0 Å². The molecule has 0 fully saturated rings. The van der Waals surface area contributed by atoms with Crippen LogP contribution in [0.4, 0.5) is 5.69 Å². The Morgan fingerprint density at radius 2 is 1.96 bits per heavy atom. The highest BCUT2D eigenvalue weighted by Gasteiger charge is 2.31. The van der Waals surface area contributed by atoms with E-state index >= 15 is 0 Å². The third kappa shape index (κ3) is 2.08. The number of aryl methyl sites for hydroxylation is 1. The summed E-state index contributed by atoms with van der Waals surface area (Å²) in [6, 6.07) is 12.1. The predicted molar refractivity (Wildman–Crippen MR) is 90.8 cm³/mol. The number of para-hydroxylation sites is 1. The highest BCUT2D eigenvalue weighted by Crippen LogP contribution is 2.33. The number of aromatic nitrogens is 1. The smallest absolute Gasteiger partial charge is 0.408 e. The molecule has 0 atom stereocenters. The second kappa shape index (κ2) is 5.24. The zero-order valence-electron chi connectivity index (χ0n) is 13.1. The fourth-order valence-electron chi connectivity index (χ4n) is 3.19. The van der Waals surface area contributed by atoms with Crippen molar-refractivity contribution in [3.05, 3.63) is 58.6 Å². The molecule has 0 bridgehead atoms. The zero-order valence-corrected chi connectivity index (χ0v) is 13.9. The summed E-state index contributed by atoms with van der Waals surface area (Å²) in [5, 5.41) is 0. The highest BCUT2D eigenvalue weighted by molar-refractivity contribution is 7.92. The van der Waals surface area contributed by atoms with Crippen LogP contribution in [0.5, 0.6) is 0 Å². The van der Waals surface area contributed by atoms with Gasteiger partial charge in [-0.25, -0.2) is 13.2 Å². The Balaban J connectivity index is 1.84. The van der Waals surface area contributed by atoms with Crippen molar-refractivity contribution >= 4 is 26.8 Å². The number of nitrogens with zero attached hydrogens (tertiary/aromatic N) is 2. The van der Waals surface area contributed by atoms with Crippen molar-refractivity contribution in [1.29, 1.82) is 0 Å². The van der Waals surface area contributed by atoms with Gasteiger partial charge in [0.1, 0.15) is 0 Å². The van der Waals surface area contributed by atoms with Gasteiger partial charge in [-0.1, -0.05) is 18.2 Å². The minimum absolute atomic E-state index is 0.128. The van der Waals surface area contributed by atoms with Crippen LogP contribution in [0.15, 0.2) is 56.6 Å². The van der Waals surface area contributed by atoms with Gasteiger partial charge >= 0.3 is 5.76 Å². The number of rotatable bonds is 3. The van der Waals surface area contributed by atoms with Crippen LogP contribution in [-0.2, 0) is 23.0 Å². The number of fused-ring (bicyclic) bond motifs is 2. The second-order valence-corrected chi connectivity index (χ2v) is 7.56. The van der Waals surface area contributed by atoms with E-state index in [-0.39, 0.29) is 10.5 Å². The van der Waals surface area contributed by atoms with Gasteiger partial charge < -0.3 is 4.42 Å². The summed E-state index contributed by atoms with van der Waals surface area (Å²) in [7, 11) is -3.69. The number of anilines is 1. The van der Waals surface area contributed by atoms with E-state index in [4.69, 9.17) is 4.42 Å². The molecular formula is C17H16N2O4S. The van der Waals surface area contributed by atoms with Crippen molar-refractivity contribution in [2.45, 2.75) is 24.8 Å². The molecule has 4 rings (SSSR count). The fraction of sp³-hybridized carbons (Fsp3) is 0.235. The Kier molecular flexibility index (Phi) is 3.28. The van der Waals surface area contributed by atoms with Gasteiger partial charge in [0.15, 0.2) is 5.58 Å². The van der Waals surface area contributed by atoms with Crippen LogP contribution in [0.2, 0.25) is 0 Å². The van der Waals surface area contributed by atoms with Gasteiger partial charge in [0.05, 0.1) is 16.1 Å². The van der Waals surface area contributed by atoms with E-state index in [1.54, 1.807) is 6.07 Å². The van der Waals surface area contributed by atoms with Crippen LogP contribution >= 0.6 is 0 Å². The molecule has 6 nitrogen and oxygen atoms in total. The quantitative estimate of drug-likeness (QED) is 0.731. The predicted octanol–water partition coefficient (Wildman–Crippen LogP) is 2.37. The zero-order chi connectivity index (χ0) is 16.9. The SMILES string of the molecule is CCn1c(=O)oc2cc(S(=O)(=O)N3CCc4ccccc43)ccc21. The summed E-state index contributed by atoms with van der Waals surface area (Å²) in [5.41, 5.74) is 2.62. The Morgan fingerprint density at radius 3 is 2.75 bits per heavy atom. The molecule has 0 radical (unpaired) electrons. The van der Waals surface area contributed by atoms with Crippen LogP contribution in [0.25, 0.3) is 11.1 Å². The Hall–Kier alpha value is -2.54. The molecule has 1 aliphatic rings. The van der Waals surface area contributed by atoms with E-state index in [1.807, 2.05) is 31.2 Å². The monoisotopic (exact) mass is 344 g/mol. The minimum atomic E-state index is -3.69. The van der Waals surface area contributed by atoms with Gasteiger partial charge in [-0.2, -0.15) is 0 Å². The average Bonchev–Trinajstić information content (AvgIpc) is 3.14. The van der Waals surface area contributed by atoms with E-state index in [9.17, 15) is 13.2 Å². The molecule has 3 aromatic rings. The summed E-state index contributed by atoms with van der Waals surface area (Å²) in [6.45, 7) is 2.72. The summed E-state index contributed by atoms with van der Waals surface area (Å²) >= 11 is 0. The summed E-state index contributed by atoms with van der Waals surface area (Å²) in [5.74, 6) is -0.478. The summed E-state index contributed by atoms with van der Waals surface area (Å²) in [4.78, 5) is 11.9. The molecule has 0 unspecified atom stereocenters. The first-order valence-corrected chi connectivity index (χ1v) is 9.20. The molecule has 2 heterocycles. The maximum atomic E-state index is 13.0. The van der Waals surface area contributed by atoms with Crippen molar-refractivity contribution in [2.24, 2.45) is 0 Å². The van der Waals surface area contributed by atoms with Crippen LogP contribution < -0.4 is 10.1 Å². The number of sulfonamides is 1. The lowest BCUT2D eigenvalue weighted by Crippen LogP contribution is -2.29. The van der Waals surface area contributed by atoms with Crippen molar-refractivity contribution < 1.29 is 12.8 Å². The van der Waals surface area contributed by atoms with Crippen LogP contribution in [0.1, 0.15) is 12.5 Å². The second-order valence-electron chi connectivity index (χ2n) is 5.70. The van der Waals surface area contributed by atoms with Gasteiger partial charge in [-0.05, 0) is 37.1 Å². The van der Waals surface area contributed by atoms with Gasteiger partial charge in [0.25, 0.3) is 10.0 Å². The molecule has 2 aromatic carbocycles. The molecular weight excluding hydrogens is 328 g/mol. The first-order chi connectivity index (χ1) is 11.5. The van der Waals surface area contributed by atoms with Gasteiger partial charge in [0.2, 0.25) is 0 Å². The molecule has 0 saturated carbocycles. The maximum Gasteiger partial charge on any atom is 0.419 e. The van der Waals surface area contributed by atoms with Crippen LogP contribution in [-0.4, -0.2) is 19.5 Å². The highest BCUT2D eigenvalue weighted by atomic mass is 32.2. The van der Waals surface area contributed by atoms with Gasteiger partial charge in [-0.3, -0.25) is 8.87 Å². The molecule has 1 aromatic heterocycles. The normalized spacial score (nSPS) is 14.3. The van der Waals surface area contributed by atoms with E-state index < -0.39 is 15.8 Å². The van der Waals surface area contributed by atoms with E-state index in [0.29, 0.717) is 30.7 Å². The molecule has 0 aliphatic carbocycles. The lowest BCUT2D eigenvalue weighted by molar-refractivity contribution is 0.512. The topological polar surface area (TPSA) is 72.5 Å². The molecule has 1 aliphatic heterocycles. The molecule has 0 N–H and O–H groups in total. The Bertz CT molecular complexity index is 1100. The summed E-state index contributed by atoms with van der Waals surface area (Å²) < 4.78 is 34.1. The first kappa shape index (κ1) is 15.0. The van der Waals surface area contributed by atoms with Gasteiger partial charge in [-0.15, -0.1) is 0 Å². The van der Waals surface area contributed by atoms with Gasteiger partial charge in [0, 0.05) is 19.2 Å². The van der Waals surface area contributed by atoms with Crippen molar-refractivity contribution in [2.75, 3.05) is 10.8 Å². The van der Waals surface area contributed by atoms with Crippen molar-refractivity contribution in [1.82, 2.24) is 4.57 Å². The van der Waals surface area contributed by atoms with E-state index in [2.05, 4.69) is 0 Å². The fourth-order valence-corrected chi connectivity index (χ4v) is 4.71. The minimum Gasteiger partial charge on any atom is -0.408 e. The van der Waals surface area contributed by atoms with Crippen molar-refractivity contribution in [3.63, 3.8) is 0 Å². The molecule has 124 valence electrons. The third-order valence-corrected chi connectivity index (χ3v) is 6.20. The van der Waals surface area contributed by atoms with E-state index in [0.717, 1.165) is 5.56 Å². The van der Waals surface area contributed by atoms with Crippen molar-refractivity contribution in [3.8, 4) is 0 Å². The molecule has 24 heavy (non-hydrogen) atoms. The molecule has 0 saturated heterocycles. The number of oxazole rings is 1. The maximum absolute atomic E-state index is 13.0. The standard InChI is InChI=1S/C17H16N2O4S/c1-2-18-15-8-7-13(11-16(15)23-17(18)20)24(21,22)19-10-9-12-5-3-4-6-14(12)19/h3-8,11H,2,9-10H2,1H3. The van der Waals surface area contributed by atoms with Crippen LogP contribution in [0.3, 0.4) is 0 Å². The lowest BCUT2D eigenvalue weighted by atomic mass is 10.2. The molecule has 0 amide bonds. The average molecular weight is 344 g/mol. The third-order valence-electron chi connectivity index (χ3n) is 4.39.